The number of aromatic nitrogens is 2. The van der Waals surface area contributed by atoms with Crippen molar-refractivity contribution in [1.29, 1.82) is 0 Å². The van der Waals surface area contributed by atoms with Gasteiger partial charge in [0, 0.05) is 10.7 Å². The first-order valence-corrected chi connectivity index (χ1v) is 6.23. The van der Waals surface area contributed by atoms with Gasteiger partial charge in [-0.25, -0.2) is 9.37 Å². The summed E-state index contributed by atoms with van der Waals surface area (Å²) in [6, 6.07) is 12.3. The number of anilines is 1. The molecule has 0 aliphatic carbocycles. The zero-order valence-corrected chi connectivity index (χ0v) is 10.7. The maximum Gasteiger partial charge on any atom is 0.151 e. The summed E-state index contributed by atoms with van der Waals surface area (Å²) in [7, 11) is 0. The lowest BCUT2D eigenvalue weighted by Gasteiger charge is -2.04. The highest BCUT2D eigenvalue weighted by Gasteiger charge is 2.06. The molecule has 0 saturated heterocycles. The normalized spacial score (nSPS) is 10.8. The first kappa shape index (κ1) is 12.0. The summed E-state index contributed by atoms with van der Waals surface area (Å²) in [6.07, 6.45) is 0. The van der Waals surface area contributed by atoms with Gasteiger partial charge in [-0.15, -0.1) is 0 Å². The summed E-state index contributed by atoms with van der Waals surface area (Å²) >= 11 is 5.90. The van der Waals surface area contributed by atoms with E-state index in [-0.39, 0.29) is 5.82 Å². The molecule has 0 fully saturated rings. The van der Waals surface area contributed by atoms with E-state index in [0.717, 1.165) is 5.69 Å². The lowest BCUT2D eigenvalue weighted by Crippen LogP contribution is -2.00. The maximum atomic E-state index is 13.5. The second-order valence-electron chi connectivity index (χ2n) is 4.18. The summed E-state index contributed by atoms with van der Waals surface area (Å²) in [5.74, 6) is 0.364. The van der Waals surface area contributed by atoms with Crippen molar-refractivity contribution in [1.82, 2.24) is 9.97 Å². The van der Waals surface area contributed by atoms with Crippen LogP contribution in [0.3, 0.4) is 0 Å². The monoisotopic (exact) mass is 275 g/mol. The predicted octanol–water partition coefficient (Wildman–Crippen LogP) is 3.97. The molecule has 2 aromatic carbocycles. The largest absolute Gasteiger partial charge is 0.378 e. The number of hydrogen-bond donors (Lipinski definition) is 2. The third-order valence-corrected chi connectivity index (χ3v) is 3.03. The third kappa shape index (κ3) is 2.53. The Morgan fingerprint density at radius 2 is 2.05 bits per heavy atom. The van der Waals surface area contributed by atoms with Crippen LogP contribution in [0.25, 0.3) is 11.0 Å². The second kappa shape index (κ2) is 4.90. The highest BCUT2D eigenvalue weighted by Crippen LogP contribution is 2.17. The van der Waals surface area contributed by atoms with Crippen LogP contribution in [-0.2, 0) is 6.54 Å². The quantitative estimate of drug-likeness (QED) is 0.759. The molecule has 96 valence electrons. The Labute approximate surface area is 114 Å². The van der Waals surface area contributed by atoms with E-state index in [1.54, 1.807) is 12.1 Å². The van der Waals surface area contributed by atoms with Crippen molar-refractivity contribution in [3.05, 3.63) is 59.1 Å². The SMILES string of the molecule is Fc1cccc2[nH]c(CNc3cccc(Cl)c3)nc12. The molecule has 3 rings (SSSR count). The number of rotatable bonds is 3. The van der Waals surface area contributed by atoms with E-state index in [1.807, 2.05) is 24.3 Å². The maximum absolute atomic E-state index is 13.5. The molecule has 0 unspecified atom stereocenters. The van der Waals surface area contributed by atoms with E-state index in [2.05, 4.69) is 15.3 Å². The molecule has 0 amide bonds. The Balaban J connectivity index is 1.80. The van der Waals surface area contributed by atoms with Gasteiger partial charge < -0.3 is 10.3 Å². The van der Waals surface area contributed by atoms with Crippen LogP contribution < -0.4 is 5.32 Å². The number of imidazole rings is 1. The van der Waals surface area contributed by atoms with Crippen LogP contribution in [0.1, 0.15) is 5.82 Å². The predicted molar refractivity (Wildman–Crippen MR) is 74.8 cm³/mol. The van der Waals surface area contributed by atoms with Crippen LogP contribution in [0.4, 0.5) is 10.1 Å². The highest BCUT2D eigenvalue weighted by atomic mass is 35.5. The first-order valence-electron chi connectivity index (χ1n) is 5.85. The number of para-hydroxylation sites is 1. The van der Waals surface area contributed by atoms with E-state index >= 15 is 0 Å². The molecular weight excluding hydrogens is 265 g/mol. The molecule has 0 bridgehead atoms. The Morgan fingerprint density at radius 3 is 2.84 bits per heavy atom. The molecule has 0 aliphatic rings. The van der Waals surface area contributed by atoms with Gasteiger partial charge in [-0.3, -0.25) is 0 Å². The average Bonchev–Trinajstić information content (AvgIpc) is 2.81. The van der Waals surface area contributed by atoms with Crippen LogP contribution in [0.2, 0.25) is 5.02 Å². The van der Waals surface area contributed by atoms with Gasteiger partial charge >= 0.3 is 0 Å². The van der Waals surface area contributed by atoms with Gasteiger partial charge in [0.05, 0.1) is 12.1 Å². The lowest BCUT2D eigenvalue weighted by molar-refractivity contribution is 0.637. The van der Waals surface area contributed by atoms with Gasteiger partial charge in [-0.1, -0.05) is 23.7 Å². The molecule has 0 atom stereocenters. The van der Waals surface area contributed by atoms with E-state index in [0.29, 0.717) is 28.4 Å². The minimum absolute atomic E-state index is 0.317. The summed E-state index contributed by atoms with van der Waals surface area (Å²) < 4.78 is 13.5. The molecule has 3 nitrogen and oxygen atoms in total. The second-order valence-corrected chi connectivity index (χ2v) is 4.62. The third-order valence-electron chi connectivity index (χ3n) is 2.80. The van der Waals surface area contributed by atoms with E-state index in [9.17, 15) is 4.39 Å². The number of H-pyrrole nitrogens is 1. The van der Waals surface area contributed by atoms with Crippen molar-refractivity contribution in [3.8, 4) is 0 Å². The number of aromatic amines is 1. The van der Waals surface area contributed by atoms with E-state index < -0.39 is 0 Å². The van der Waals surface area contributed by atoms with Gasteiger partial charge in [-0.2, -0.15) is 0 Å². The molecule has 3 aromatic rings. The summed E-state index contributed by atoms with van der Waals surface area (Å²) in [5.41, 5.74) is 1.96. The van der Waals surface area contributed by atoms with Crippen molar-refractivity contribution in [2.45, 2.75) is 6.54 Å². The lowest BCUT2D eigenvalue weighted by atomic mass is 10.3. The summed E-state index contributed by atoms with van der Waals surface area (Å²) in [4.78, 5) is 7.30. The van der Waals surface area contributed by atoms with Gasteiger partial charge in [0.1, 0.15) is 11.3 Å². The van der Waals surface area contributed by atoms with Gasteiger partial charge in [0.15, 0.2) is 5.82 Å². The highest BCUT2D eigenvalue weighted by molar-refractivity contribution is 6.30. The van der Waals surface area contributed by atoms with Crippen molar-refractivity contribution in [2.75, 3.05) is 5.32 Å². The van der Waals surface area contributed by atoms with Gasteiger partial charge in [0.25, 0.3) is 0 Å². The molecule has 0 aliphatic heterocycles. The molecule has 0 spiro atoms. The van der Waals surface area contributed by atoms with Crippen molar-refractivity contribution >= 4 is 28.3 Å². The van der Waals surface area contributed by atoms with E-state index in [4.69, 9.17) is 11.6 Å². The minimum atomic E-state index is -0.317. The molecular formula is C14H11ClFN3. The number of nitrogens with one attached hydrogen (secondary N) is 2. The Morgan fingerprint density at radius 1 is 1.21 bits per heavy atom. The molecule has 5 heteroatoms. The first-order chi connectivity index (χ1) is 9.22. The number of nitrogens with zero attached hydrogens (tertiary/aromatic N) is 1. The minimum Gasteiger partial charge on any atom is -0.378 e. The standard InChI is InChI=1S/C14H11ClFN3/c15-9-3-1-4-10(7-9)17-8-13-18-12-6-2-5-11(16)14(12)19-13/h1-7,17H,8H2,(H,18,19). The molecule has 2 N–H and O–H groups in total. The molecule has 0 saturated carbocycles. The van der Waals surface area contributed by atoms with Crippen molar-refractivity contribution < 1.29 is 4.39 Å². The van der Waals surface area contributed by atoms with Crippen LogP contribution in [0.15, 0.2) is 42.5 Å². The van der Waals surface area contributed by atoms with Crippen molar-refractivity contribution in [3.63, 3.8) is 0 Å². The van der Waals surface area contributed by atoms with Crippen LogP contribution in [-0.4, -0.2) is 9.97 Å². The molecule has 19 heavy (non-hydrogen) atoms. The molecule has 1 aromatic heterocycles. The van der Waals surface area contributed by atoms with Crippen LogP contribution >= 0.6 is 11.6 Å². The molecule has 1 heterocycles. The Hall–Kier alpha value is -2.07. The van der Waals surface area contributed by atoms with Crippen molar-refractivity contribution in [2.24, 2.45) is 0 Å². The fourth-order valence-electron chi connectivity index (χ4n) is 1.92. The Kier molecular flexibility index (Phi) is 3.09. The van der Waals surface area contributed by atoms with Gasteiger partial charge in [-0.05, 0) is 30.3 Å². The van der Waals surface area contributed by atoms with E-state index in [1.165, 1.54) is 6.07 Å². The fourth-order valence-corrected chi connectivity index (χ4v) is 2.11. The number of halogens is 2. The molecule has 0 radical (unpaired) electrons. The number of benzene rings is 2. The zero-order valence-electron chi connectivity index (χ0n) is 9.95. The average molecular weight is 276 g/mol. The number of hydrogen-bond acceptors (Lipinski definition) is 2. The smallest absolute Gasteiger partial charge is 0.151 e. The Bertz CT molecular complexity index is 724. The fraction of sp³-hybridized carbons (Fsp3) is 0.0714. The summed E-state index contributed by atoms with van der Waals surface area (Å²) in [6.45, 7) is 0.481. The number of fused-ring (bicyclic) bond motifs is 1. The zero-order chi connectivity index (χ0) is 13.2. The summed E-state index contributed by atoms with van der Waals surface area (Å²) in [5, 5.41) is 3.85. The topological polar surface area (TPSA) is 40.7 Å². The van der Waals surface area contributed by atoms with Gasteiger partial charge in [0.2, 0.25) is 0 Å². The van der Waals surface area contributed by atoms with Crippen LogP contribution in [0.5, 0.6) is 0 Å². The van der Waals surface area contributed by atoms with Crippen LogP contribution in [0, 0.1) is 5.82 Å².